The molecule has 0 spiro atoms. The van der Waals surface area contributed by atoms with Crippen LogP contribution in [0.25, 0.3) is 0 Å². The van der Waals surface area contributed by atoms with Crippen LogP contribution in [0.3, 0.4) is 0 Å². The lowest BCUT2D eigenvalue weighted by molar-refractivity contribution is 0.310. The summed E-state index contributed by atoms with van der Waals surface area (Å²) in [6.07, 6.45) is 1.42. The highest BCUT2D eigenvalue weighted by Crippen LogP contribution is 2.15. The summed E-state index contributed by atoms with van der Waals surface area (Å²) in [7, 11) is 0.797. The van der Waals surface area contributed by atoms with Crippen LogP contribution >= 0.6 is 0 Å². The minimum absolute atomic E-state index is 0.247. The third-order valence-electron chi connectivity index (χ3n) is 1.02. The number of ether oxygens (including phenoxy) is 1. The van der Waals surface area contributed by atoms with E-state index in [1.807, 2.05) is 0 Å². The van der Waals surface area contributed by atoms with Crippen LogP contribution in [0.5, 0.6) is 5.95 Å². The van der Waals surface area contributed by atoms with Crippen molar-refractivity contribution in [2.75, 3.05) is 12.3 Å². The van der Waals surface area contributed by atoms with Crippen LogP contribution in [-0.4, -0.2) is 24.2 Å². The summed E-state index contributed by atoms with van der Waals surface area (Å²) < 4.78 is 9.66. The van der Waals surface area contributed by atoms with Crippen molar-refractivity contribution < 1.29 is 14.2 Å². The van der Waals surface area contributed by atoms with Gasteiger partial charge in [-0.3, -0.25) is 0 Å². The average molecular weight is 156 g/mol. The molecule has 0 saturated carbocycles. The number of hydrogen-bond acceptors (Lipinski definition) is 5. The highest BCUT2D eigenvalue weighted by molar-refractivity contribution is 6.52. The lowest BCUT2D eigenvalue weighted by Crippen LogP contribution is -2.19. The predicted molar refractivity (Wildman–Crippen MR) is 40.5 cm³/mol. The van der Waals surface area contributed by atoms with E-state index in [-0.39, 0.29) is 6.01 Å². The van der Waals surface area contributed by atoms with Crippen LogP contribution in [0.15, 0.2) is 10.6 Å². The lowest BCUT2D eigenvalue weighted by Gasteiger charge is -1.97. The van der Waals surface area contributed by atoms with Crippen molar-refractivity contribution in [1.29, 1.82) is 0 Å². The topological polar surface area (TPSA) is 67.5 Å². The fourth-order valence-electron chi connectivity index (χ4n) is 0.599. The van der Waals surface area contributed by atoms with E-state index in [0.29, 0.717) is 5.95 Å². The molecule has 5 nitrogen and oxygen atoms in total. The summed E-state index contributed by atoms with van der Waals surface area (Å²) in [4.78, 5) is 3.76. The molecule has 0 aromatic carbocycles. The quantitative estimate of drug-likeness (QED) is 0.612. The first-order valence-corrected chi connectivity index (χ1v) is 3.17. The van der Waals surface area contributed by atoms with Crippen LogP contribution < -0.4 is 9.96 Å². The van der Waals surface area contributed by atoms with Crippen LogP contribution in [0.4, 0.5) is 6.01 Å². The van der Waals surface area contributed by atoms with Gasteiger partial charge in [-0.1, -0.05) is 0 Å². The smallest absolute Gasteiger partial charge is 0.410 e. The Hall–Kier alpha value is -1.17. The molecular weight excluding hydrogens is 147 g/mol. The lowest BCUT2D eigenvalue weighted by atomic mass is 9.90. The van der Waals surface area contributed by atoms with Gasteiger partial charge in [0.15, 0.2) is 0 Å². The second kappa shape index (κ2) is 3.29. The molecule has 11 heavy (non-hydrogen) atoms. The first-order valence-electron chi connectivity index (χ1n) is 3.17. The zero-order valence-electron chi connectivity index (χ0n) is 6.37. The van der Waals surface area contributed by atoms with Gasteiger partial charge in [0.2, 0.25) is 0 Å². The first kappa shape index (κ1) is 7.94. The van der Waals surface area contributed by atoms with E-state index in [4.69, 9.17) is 14.2 Å². The molecule has 1 aromatic heterocycles. The van der Waals surface area contributed by atoms with Crippen molar-refractivity contribution in [3.63, 3.8) is 0 Å². The Balaban J connectivity index is 2.58. The molecular formula is C5H9BN2O3. The van der Waals surface area contributed by atoms with Crippen molar-refractivity contribution in [3.05, 3.63) is 6.20 Å². The molecule has 0 aliphatic rings. The maximum atomic E-state index is 8.84. The van der Waals surface area contributed by atoms with Crippen molar-refractivity contribution in [2.24, 2.45) is 0 Å². The third-order valence-corrected chi connectivity index (χ3v) is 1.02. The Bertz CT molecular complexity index is 225. The van der Waals surface area contributed by atoms with E-state index >= 15 is 0 Å². The summed E-state index contributed by atoms with van der Waals surface area (Å²) in [5.41, 5.74) is 0. The molecule has 1 heterocycles. The number of anilines is 1. The number of nitrogens with one attached hydrogen (secondary N) is 1. The van der Waals surface area contributed by atoms with Gasteiger partial charge in [0, 0.05) is 0 Å². The largest absolute Gasteiger partial charge is 0.467 e. The number of aromatic nitrogens is 1. The zero-order chi connectivity index (χ0) is 8.27. The van der Waals surface area contributed by atoms with E-state index in [2.05, 4.69) is 10.2 Å². The van der Waals surface area contributed by atoms with E-state index in [1.165, 1.54) is 13.3 Å². The second-order valence-electron chi connectivity index (χ2n) is 2.01. The van der Waals surface area contributed by atoms with Gasteiger partial charge >= 0.3 is 13.0 Å². The predicted octanol–water partition coefficient (Wildman–Crippen LogP) is 0.205. The Kier molecular flexibility index (Phi) is 2.38. The van der Waals surface area contributed by atoms with E-state index in [1.54, 1.807) is 6.82 Å². The Labute approximate surface area is 64.5 Å². The Morgan fingerprint density at radius 3 is 3.00 bits per heavy atom. The average Bonchev–Trinajstić information content (AvgIpc) is 2.34. The van der Waals surface area contributed by atoms with Gasteiger partial charge in [-0.2, -0.15) is 4.98 Å². The fraction of sp³-hybridized carbons (Fsp3) is 0.400. The van der Waals surface area contributed by atoms with Crippen LogP contribution in [0.1, 0.15) is 0 Å². The van der Waals surface area contributed by atoms with Crippen molar-refractivity contribution in [3.8, 4) is 5.95 Å². The number of oxazole rings is 1. The maximum absolute atomic E-state index is 8.84. The molecule has 0 amide bonds. The van der Waals surface area contributed by atoms with Gasteiger partial charge in [-0.25, -0.2) is 0 Å². The van der Waals surface area contributed by atoms with Crippen molar-refractivity contribution in [2.45, 2.75) is 6.82 Å². The van der Waals surface area contributed by atoms with Crippen molar-refractivity contribution >= 4 is 13.1 Å². The minimum atomic E-state index is -0.682. The number of methoxy groups -OCH3 is 1. The van der Waals surface area contributed by atoms with Crippen LogP contribution in [0, 0.1) is 0 Å². The molecule has 0 aliphatic heterocycles. The molecule has 0 fully saturated rings. The summed E-state index contributed by atoms with van der Waals surface area (Å²) in [5, 5.41) is 11.4. The monoisotopic (exact) mass is 156 g/mol. The summed E-state index contributed by atoms with van der Waals surface area (Å²) in [6.45, 7) is 1.57. The molecule has 0 bridgehead atoms. The number of nitrogens with zero attached hydrogens (tertiary/aromatic N) is 1. The molecule has 6 heteroatoms. The SMILES string of the molecule is COc1cnc(NB(C)O)o1. The van der Waals surface area contributed by atoms with Gasteiger partial charge in [0.25, 0.3) is 6.01 Å². The second-order valence-corrected chi connectivity index (χ2v) is 2.01. The van der Waals surface area contributed by atoms with Crippen molar-refractivity contribution in [1.82, 2.24) is 4.98 Å². The van der Waals surface area contributed by atoms with E-state index in [9.17, 15) is 0 Å². The molecule has 0 radical (unpaired) electrons. The summed E-state index contributed by atoms with van der Waals surface area (Å²) in [6, 6.07) is 0.247. The third kappa shape index (κ3) is 2.16. The number of hydrogen-bond donors (Lipinski definition) is 2. The molecule has 0 unspecified atom stereocenters. The van der Waals surface area contributed by atoms with Crippen LogP contribution in [-0.2, 0) is 0 Å². The van der Waals surface area contributed by atoms with Gasteiger partial charge in [0.05, 0.1) is 7.11 Å². The van der Waals surface area contributed by atoms with Gasteiger partial charge in [-0.15, -0.1) is 0 Å². The molecule has 0 saturated heterocycles. The van der Waals surface area contributed by atoms with Crippen LogP contribution in [0.2, 0.25) is 6.82 Å². The van der Waals surface area contributed by atoms with E-state index < -0.39 is 7.05 Å². The summed E-state index contributed by atoms with van der Waals surface area (Å²) in [5.74, 6) is 0.313. The fourth-order valence-corrected chi connectivity index (χ4v) is 0.599. The normalized spacial score (nSPS) is 9.36. The zero-order valence-corrected chi connectivity index (χ0v) is 6.37. The summed E-state index contributed by atoms with van der Waals surface area (Å²) >= 11 is 0. The molecule has 0 aliphatic carbocycles. The Morgan fingerprint density at radius 2 is 2.55 bits per heavy atom. The molecule has 60 valence electrons. The van der Waals surface area contributed by atoms with Gasteiger partial charge in [-0.05, 0) is 6.82 Å². The Morgan fingerprint density at radius 1 is 1.82 bits per heavy atom. The first-order chi connectivity index (χ1) is 5.22. The maximum Gasteiger partial charge on any atom is 0.410 e. The standard InChI is InChI=1S/C5H9BN2O3/c1-6(9)8-5-7-3-4(10-2)11-5/h3,9H,1-2H3,(H,7,8). The van der Waals surface area contributed by atoms with E-state index in [0.717, 1.165) is 0 Å². The minimum Gasteiger partial charge on any atom is -0.467 e. The number of rotatable bonds is 3. The highest BCUT2D eigenvalue weighted by Gasteiger charge is 2.07. The highest BCUT2D eigenvalue weighted by atomic mass is 16.6. The molecule has 1 rings (SSSR count). The van der Waals surface area contributed by atoms with Gasteiger partial charge < -0.3 is 19.4 Å². The molecule has 1 aromatic rings. The molecule has 0 atom stereocenters. The molecule has 2 N–H and O–H groups in total. The van der Waals surface area contributed by atoms with Gasteiger partial charge in [0.1, 0.15) is 6.20 Å².